The molecule has 6 heteroatoms. The standard InChI is InChI=1S/C12H16Cl2N2O2/c1-3-12(2,18)7-15-11(17)16-8-4-5-9(13)10(14)6-8/h4-6,18H,3,7H2,1-2H3,(H2,15,16,17). The number of amides is 2. The van der Waals surface area contributed by atoms with Crippen LogP contribution < -0.4 is 10.6 Å². The van der Waals surface area contributed by atoms with Gasteiger partial charge in [-0.1, -0.05) is 30.1 Å². The van der Waals surface area contributed by atoms with Gasteiger partial charge in [-0.2, -0.15) is 0 Å². The number of aliphatic hydroxyl groups is 1. The van der Waals surface area contributed by atoms with Gasteiger partial charge in [-0.05, 0) is 31.5 Å². The molecule has 0 heterocycles. The molecule has 3 N–H and O–H groups in total. The Hall–Kier alpha value is -0.970. The number of nitrogens with one attached hydrogen (secondary N) is 2. The predicted molar refractivity (Wildman–Crippen MR) is 74.4 cm³/mol. The molecule has 0 aliphatic rings. The van der Waals surface area contributed by atoms with Gasteiger partial charge in [0.15, 0.2) is 0 Å². The Kier molecular flexibility index (Phi) is 5.26. The van der Waals surface area contributed by atoms with E-state index in [1.165, 1.54) is 0 Å². The summed E-state index contributed by atoms with van der Waals surface area (Å²) in [7, 11) is 0. The lowest BCUT2D eigenvalue weighted by Crippen LogP contribution is -2.41. The molecular formula is C12H16Cl2N2O2. The van der Waals surface area contributed by atoms with Gasteiger partial charge in [0.25, 0.3) is 0 Å². The molecule has 0 aliphatic heterocycles. The van der Waals surface area contributed by atoms with E-state index < -0.39 is 11.6 Å². The van der Waals surface area contributed by atoms with Crippen LogP contribution in [0, 0.1) is 0 Å². The molecule has 0 saturated heterocycles. The minimum absolute atomic E-state index is 0.177. The van der Waals surface area contributed by atoms with Gasteiger partial charge in [0.1, 0.15) is 0 Å². The highest BCUT2D eigenvalue weighted by Crippen LogP contribution is 2.24. The van der Waals surface area contributed by atoms with Crippen LogP contribution in [0.15, 0.2) is 18.2 Å². The first-order chi connectivity index (χ1) is 8.34. The second-order valence-electron chi connectivity index (χ2n) is 4.29. The minimum Gasteiger partial charge on any atom is -0.388 e. The van der Waals surface area contributed by atoms with Crippen LogP contribution in [-0.4, -0.2) is 23.3 Å². The SMILES string of the molecule is CCC(C)(O)CNC(=O)Nc1ccc(Cl)c(Cl)c1. The minimum atomic E-state index is -0.908. The van der Waals surface area contributed by atoms with Crippen molar-refractivity contribution in [2.45, 2.75) is 25.9 Å². The molecule has 0 fully saturated rings. The van der Waals surface area contributed by atoms with Crippen LogP contribution in [0.25, 0.3) is 0 Å². The molecule has 4 nitrogen and oxygen atoms in total. The maximum absolute atomic E-state index is 11.6. The van der Waals surface area contributed by atoms with Crippen molar-refractivity contribution in [3.8, 4) is 0 Å². The first-order valence-corrected chi connectivity index (χ1v) is 6.32. The number of hydrogen-bond donors (Lipinski definition) is 3. The molecular weight excluding hydrogens is 275 g/mol. The molecule has 0 aliphatic carbocycles. The molecule has 0 radical (unpaired) electrons. The van der Waals surface area contributed by atoms with E-state index in [0.717, 1.165) is 0 Å². The third-order valence-electron chi connectivity index (χ3n) is 2.57. The third kappa shape index (κ3) is 4.72. The van der Waals surface area contributed by atoms with Crippen LogP contribution >= 0.6 is 23.2 Å². The molecule has 1 unspecified atom stereocenters. The summed E-state index contributed by atoms with van der Waals surface area (Å²) < 4.78 is 0. The normalized spacial score (nSPS) is 13.8. The second kappa shape index (κ2) is 6.27. The molecule has 1 rings (SSSR count). The Morgan fingerprint density at radius 3 is 2.61 bits per heavy atom. The zero-order chi connectivity index (χ0) is 13.8. The molecule has 2 amide bonds. The Balaban J connectivity index is 2.52. The number of halogens is 2. The summed E-state index contributed by atoms with van der Waals surface area (Å²) in [6, 6.07) is 4.40. The summed E-state index contributed by atoms with van der Waals surface area (Å²) in [6.07, 6.45) is 0.556. The summed E-state index contributed by atoms with van der Waals surface area (Å²) in [5, 5.41) is 15.7. The molecule has 100 valence electrons. The van der Waals surface area contributed by atoms with Crippen LogP contribution in [0.5, 0.6) is 0 Å². The lowest BCUT2D eigenvalue weighted by molar-refractivity contribution is 0.0587. The van der Waals surface area contributed by atoms with Crippen molar-refractivity contribution in [3.63, 3.8) is 0 Å². The smallest absolute Gasteiger partial charge is 0.319 e. The number of anilines is 1. The van der Waals surface area contributed by atoms with Gasteiger partial charge >= 0.3 is 6.03 Å². The Morgan fingerprint density at radius 1 is 1.39 bits per heavy atom. The zero-order valence-corrected chi connectivity index (χ0v) is 11.8. The predicted octanol–water partition coefficient (Wildman–Crippen LogP) is 3.28. The Morgan fingerprint density at radius 2 is 2.06 bits per heavy atom. The number of rotatable bonds is 4. The molecule has 1 aromatic carbocycles. The monoisotopic (exact) mass is 290 g/mol. The van der Waals surface area contributed by atoms with Gasteiger partial charge in [-0.3, -0.25) is 0 Å². The van der Waals surface area contributed by atoms with Gasteiger partial charge in [0.2, 0.25) is 0 Å². The number of hydrogen-bond acceptors (Lipinski definition) is 2. The summed E-state index contributed by atoms with van der Waals surface area (Å²) in [5.74, 6) is 0. The van der Waals surface area contributed by atoms with Crippen LogP contribution in [0.1, 0.15) is 20.3 Å². The molecule has 1 atom stereocenters. The quantitative estimate of drug-likeness (QED) is 0.797. The summed E-state index contributed by atoms with van der Waals surface area (Å²) >= 11 is 11.6. The van der Waals surface area contributed by atoms with E-state index in [0.29, 0.717) is 22.2 Å². The van der Waals surface area contributed by atoms with Gasteiger partial charge in [0, 0.05) is 12.2 Å². The van der Waals surface area contributed by atoms with Crippen LogP contribution in [0.2, 0.25) is 10.0 Å². The van der Waals surface area contributed by atoms with E-state index in [1.807, 2.05) is 6.92 Å². The number of benzene rings is 1. The van der Waals surface area contributed by atoms with Crippen molar-refractivity contribution < 1.29 is 9.90 Å². The van der Waals surface area contributed by atoms with Gasteiger partial charge in [0.05, 0.1) is 15.6 Å². The molecule has 0 spiro atoms. The van der Waals surface area contributed by atoms with E-state index in [2.05, 4.69) is 10.6 Å². The molecule has 0 bridgehead atoms. The van der Waals surface area contributed by atoms with Crippen molar-refractivity contribution in [2.75, 3.05) is 11.9 Å². The van der Waals surface area contributed by atoms with E-state index in [-0.39, 0.29) is 6.54 Å². The lowest BCUT2D eigenvalue weighted by Gasteiger charge is -2.21. The second-order valence-corrected chi connectivity index (χ2v) is 5.10. The average Bonchev–Trinajstić information content (AvgIpc) is 2.32. The van der Waals surface area contributed by atoms with E-state index in [9.17, 15) is 9.90 Å². The number of urea groups is 1. The summed E-state index contributed by atoms with van der Waals surface area (Å²) in [6.45, 7) is 3.68. The number of carbonyl (C=O) groups is 1. The topological polar surface area (TPSA) is 61.4 Å². The summed E-state index contributed by atoms with van der Waals surface area (Å²) in [5.41, 5.74) is -0.368. The largest absolute Gasteiger partial charge is 0.388 e. The van der Waals surface area contributed by atoms with Gasteiger partial charge in [-0.15, -0.1) is 0 Å². The maximum Gasteiger partial charge on any atom is 0.319 e. The fraction of sp³-hybridized carbons (Fsp3) is 0.417. The fourth-order valence-corrected chi connectivity index (χ4v) is 1.44. The highest BCUT2D eigenvalue weighted by Gasteiger charge is 2.18. The average molecular weight is 291 g/mol. The van der Waals surface area contributed by atoms with Crippen LogP contribution in [-0.2, 0) is 0 Å². The zero-order valence-electron chi connectivity index (χ0n) is 10.3. The summed E-state index contributed by atoms with van der Waals surface area (Å²) in [4.78, 5) is 11.6. The molecule has 18 heavy (non-hydrogen) atoms. The molecule has 0 aromatic heterocycles. The van der Waals surface area contributed by atoms with Crippen molar-refractivity contribution in [1.29, 1.82) is 0 Å². The Bertz CT molecular complexity index is 436. The van der Waals surface area contributed by atoms with E-state index >= 15 is 0 Å². The van der Waals surface area contributed by atoms with E-state index in [1.54, 1.807) is 25.1 Å². The lowest BCUT2D eigenvalue weighted by atomic mass is 10.0. The van der Waals surface area contributed by atoms with E-state index in [4.69, 9.17) is 23.2 Å². The molecule has 1 aromatic rings. The maximum atomic E-state index is 11.6. The Labute approximate surface area is 116 Å². The fourth-order valence-electron chi connectivity index (χ4n) is 1.14. The van der Waals surface area contributed by atoms with Crippen molar-refractivity contribution in [2.24, 2.45) is 0 Å². The molecule has 0 saturated carbocycles. The van der Waals surface area contributed by atoms with Crippen molar-refractivity contribution in [3.05, 3.63) is 28.2 Å². The first-order valence-electron chi connectivity index (χ1n) is 5.56. The van der Waals surface area contributed by atoms with Crippen LogP contribution in [0.4, 0.5) is 10.5 Å². The number of carbonyl (C=O) groups excluding carboxylic acids is 1. The highest BCUT2D eigenvalue weighted by molar-refractivity contribution is 6.42. The van der Waals surface area contributed by atoms with Crippen LogP contribution in [0.3, 0.4) is 0 Å². The van der Waals surface area contributed by atoms with Crippen molar-refractivity contribution in [1.82, 2.24) is 5.32 Å². The third-order valence-corrected chi connectivity index (χ3v) is 3.31. The van der Waals surface area contributed by atoms with Gasteiger partial charge in [-0.25, -0.2) is 4.79 Å². The van der Waals surface area contributed by atoms with Crippen molar-refractivity contribution >= 4 is 34.9 Å². The first kappa shape index (κ1) is 15.1. The highest BCUT2D eigenvalue weighted by atomic mass is 35.5. The van der Waals surface area contributed by atoms with Gasteiger partial charge < -0.3 is 15.7 Å².